The smallest absolute Gasteiger partial charge is 0.237 e. The molecule has 4 nitrogen and oxygen atoms in total. The van der Waals surface area contributed by atoms with Gasteiger partial charge < -0.3 is 15.2 Å². The molecule has 1 heterocycles. The number of aromatic nitrogens is 1. The van der Waals surface area contributed by atoms with Crippen LogP contribution in [-0.2, 0) is 6.54 Å². The van der Waals surface area contributed by atoms with Crippen molar-refractivity contribution < 1.29 is 9.84 Å². The summed E-state index contributed by atoms with van der Waals surface area (Å²) in [6.45, 7) is 0.523. The molecule has 0 aliphatic rings. The van der Waals surface area contributed by atoms with Crippen LogP contribution in [0.15, 0.2) is 42.6 Å². The lowest BCUT2D eigenvalue weighted by molar-refractivity contribution is 0.399. The zero-order valence-corrected chi connectivity index (χ0v) is 9.55. The molecule has 0 aliphatic heterocycles. The van der Waals surface area contributed by atoms with Crippen LogP contribution >= 0.6 is 0 Å². The van der Waals surface area contributed by atoms with Crippen LogP contribution < -0.4 is 10.1 Å². The Labute approximate surface area is 99.9 Å². The Morgan fingerprint density at radius 1 is 1.24 bits per heavy atom. The summed E-state index contributed by atoms with van der Waals surface area (Å²) >= 11 is 0. The predicted molar refractivity (Wildman–Crippen MR) is 66.2 cm³/mol. The summed E-state index contributed by atoms with van der Waals surface area (Å²) in [6, 6.07) is 10.9. The van der Waals surface area contributed by atoms with Crippen molar-refractivity contribution in [3.05, 3.63) is 48.2 Å². The molecule has 0 bridgehead atoms. The number of para-hydroxylation sites is 1. The van der Waals surface area contributed by atoms with Gasteiger partial charge in [-0.15, -0.1) is 0 Å². The number of pyridine rings is 1. The first-order chi connectivity index (χ1) is 8.31. The zero-order valence-electron chi connectivity index (χ0n) is 9.55. The van der Waals surface area contributed by atoms with E-state index in [1.807, 2.05) is 24.3 Å². The highest BCUT2D eigenvalue weighted by Gasteiger charge is 2.04. The van der Waals surface area contributed by atoms with Crippen LogP contribution in [-0.4, -0.2) is 17.2 Å². The molecule has 0 fully saturated rings. The fourth-order valence-corrected chi connectivity index (χ4v) is 1.54. The average Bonchev–Trinajstić information content (AvgIpc) is 2.38. The molecule has 0 radical (unpaired) electrons. The fourth-order valence-electron chi connectivity index (χ4n) is 1.54. The van der Waals surface area contributed by atoms with Crippen molar-refractivity contribution in [1.29, 1.82) is 0 Å². The number of phenolic OH excluding ortho intramolecular Hbond substituents is 1. The summed E-state index contributed by atoms with van der Waals surface area (Å²) in [5.74, 6) is 0.825. The number of anilines is 1. The molecule has 0 aliphatic carbocycles. The van der Waals surface area contributed by atoms with Gasteiger partial charge in [0.1, 0.15) is 5.75 Å². The number of methoxy groups -OCH3 is 1. The highest BCUT2D eigenvalue weighted by Crippen LogP contribution is 2.22. The maximum atomic E-state index is 9.63. The first-order valence-corrected chi connectivity index (χ1v) is 5.31. The molecule has 0 unspecified atom stereocenters. The zero-order chi connectivity index (χ0) is 12.1. The number of phenols is 1. The van der Waals surface area contributed by atoms with Crippen LogP contribution in [0.2, 0.25) is 0 Å². The molecule has 1 aromatic heterocycles. The van der Waals surface area contributed by atoms with Crippen LogP contribution in [0.25, 0.3) is 0 Å². The monoisotopic (exact) mass is 230 g/mol. The van der Waals surface area contributed by atoms with Crippen molar-refractivity contribution in [2.45, 2.75) is 6.54 Å². The fraction of sp³-hybridized carbons (Fsp3) is 0.154. The number of hydrogen-bond donors (Lipinski definition) is 2. The second-order valence-electron chi connectivity index (χ2n) is 3.54. The third-order valence-electron chi connectivity index (χ3n) is 2.43. The highest BCUT2D eigenvalue weighted by molar-refractivity contribution is 5.52. The van der Waals surface area contributed by atoms with Crippen molar-refractivity contribution >= 4 is 5.69 Å². The van der Waals surface area contributed by atoms with Crippen molar-refractivity contribution in [1.82, 2.24) is 4.98 Å². The minimum Gasteiger partial charge on any atom is -0.508 e. The summed E-state index contributed by atoms with van der Waals surface area (Å²) < 4.78 is 5.13. The second-order valence-corrected chi connectivity index (χ2v) is 3.54. The van der Waals surface area contributed by atoms with Gasteiger partial charge in [-0.05, 0) is 18.2 Å². The Balaban J connectivity index is 2.10. The normalized spacial score (nSPS) is 9.94. The second kappa shape index (κ2) is 5.21. The number of hydrogen-bond acceptors (Lipinski definition) is 4. The third-order valence-corrected chi connectivity index (χ3v) is 2.43. The molecule has 4 heteroatoms. The molecule has 88 valence electrons. The lowest BCUT2D eigenvalue weighted by Crippen LogP contribution is -2.02. The molecule has 0 amide bonds. The minimum absolute atomic E-state index is 0.280. The quantitative estimate of drug-likeness (QED) is 0.846. The summed E-state index contributed by atoms with van der Waals surface area (Å²) in [4.78, 5) is 4.08. The Morgan fingerprint density at radius 3 is 2.82 bits per heavy atom. The Bertz CT molecular complexity index is 500. The van der Waals surface area contributed by atoms with Gasteiger partial charge in [-0.25, -0.2) is 4.98 Å². The molecule has 0 spiro atoms. The van der Waals surface area contributed by atoms with Gasteiger partial charge in [0.2, 0.25) is 5.88 Å². The van der Waals surface area contributed by atoms with E-state index in [1.54, 1.807) is 25.4 Å². The Kier molecular flexibility index (Phi) is 3.45. The lowest BCUT2D eigenvalue weighted by atomic mass is 10.2. The van der Waals surface area contributed by atoms with Crippen molar-refractivity contribution in [2.24, 2.45) is 0 Å². The number of nitrogens with one attached hydrogen (secondary N) is 1. The average molecular weight is 230 g/mol. The van der Waals surface area contributed by atoms with Gasteiger partial charge in [-0.2, -0.15) is 0 Å². The van der Waals surface area contributed by atoms with Crippen molar-refractivity contribution in [3.63, 3.8) is 0 Å². The van der Waals surface area contributed by atoms with Gasteiger partial charge in [0, 0.05) is 18.3 Å². The van der Waals surface area contributed by atoms with E-state index in [-0.39, 0.29) is 5.75 Å². The third kappa shape index (κ3) is 2.66. The molecule has 2 rings (SSSR count). The van der Waals surface area contributed by atoms with E-state index >= 15 is 0 Å². The van der Waals surface area contributed by atoms with E-state index in [1.165, 1.54) is 0 Å². The van der Waals surface area contributed by atoms with E-state index in [9.17, 15) is 5.11 Å². The van der Waals surface area contributed by atoms with E-state index in [4.69, 9.17) is 4.74 Å². The highest BCUT2D eigenvalue weighted by atomic mass is 16.5. The number of benzene rings is 1. The summed E-state index contributed by atoms with van der Waals surface area (Å²) in [6.07, 6.45) is 1.67. The van der Waals surface area contributed by atoms with Crippen LogP contribution in [0.4, 0.5) is 5.69 Å². The summed E-state index contributed by atoms with van der Waals surface area (Å²) in [7, 11) is 1.58. The van der Waals surface area contributed by atoms with Crippen LogP contribution in [0.3, 0.4) is 0 Å². The van der Waals surface area contributed by atoms with Gasteiger partial charge in [0.25, 0.3) is 0 Å². The van der Waals surface area contributed by atoms with Gasteiger partial charge in [-0.1, -0.05) is 18.2 Å². The molecule has 2 N–H and O–H groups in total. The number of rotatable bonds is 4. The SMILES string of the molecule is COc1ncccc1NCc1ccccc1O. The van der Waals surface area contributed by atoms with E-state index < -0.39 is 0 Å². The van der Waals surface area contributed by atoms with Crippen molar-refractivity contribution in [3.8, 4) is 11.6 Å². The van der Waals surface area contributed by atoms with Crippen LogP contribution in [0.5, 0.6) is 11.6 Å². The molecular formula is C13H14N2O2. The maximum absolute atomic E-state index is 9.63. The summed E-state index contributed by atoms with van der Waals surface area (Å²) in [5, 5.41) is 12.8. The van der Waals surface area contributed by atoms with Crippen LogP contribution in [0.1, 0.15) is 5.56 Å². The van der Waals surface area contributed by atoms with E-state index in [0.717, 1.165) is 11.3 Å². The number of nitrogens with zero attached hydrogens (tertiary/aromatic N) is 1. The van der Waals surface area contributed by atoms with Gasteiger partial charge >= 0.3 is 0 Å². The van der Waals surface area contributed by atoms with Gasteiger partial charge in [-0.3, -0.25) is 0 Å². The van der Waals surface area contributed by atoms with Crippen molar-refractivity contribution in [2.75, 3.05) is 12.4 Å². The van der Waals surface area contributed by atoms with Crippen LogP contribution in [0, 0.1) is 0 Å². The predicted octanol–water partition coefficient (Wildman–Crippen LogP) is 2.41. The first-order valence-electron chi connectivity index (χ1n) is 5.31. The molecule has 0 saturated heterocycles. The summed E-state index contributed by atoms with van der Waals surface area (Å²) in [5.41, 5.74) is 1.64. The molecular weight excluding hydrogens is 216 g/mol. The number of ether oxygens (including phenoxy) is 1. The lowest BCUT2D eigenvalue weighted by Gasteiger charge is -2.10. The molecule has 1 aromatic carbocycles. The number of aromatic hydroxyl groups is 1. The van der Waals surface area contributed by atoms with Gasteiger partial charge in [0.05, 0.1) is 12.8 Å². The molecule has 17 heavy (non-hydrogen) atoms. The minimum atomic E-state index is 0.280. The molecule has 0 saturated carbocycles. The Hall–Kier alpha value is -2.23. The first kappa shape index (κ1) is 11.3. The standard InChI is InChI=1S/C13H14N2O2/c1-17-13-11(6-4-8-14-13)15-9-10-5-2-3-7-12(10)16/h2-8,15-16H,9H2,1H3. The van der Waals surface area contributed by atoms with E-state index in [0.29, 0.717) is 12.4 Å². The van der Waals surface area contributed by atoms with E-state index in [2.05, 4.69) is 10.3 Å². The maximum Gasteiger partial charge on any atom is 0.237 e. The molecule has 2 aromatic rings. The molecule has 0 atom stereocenters. The topological polar surface area (TPSA) is 54.4 Å². The van der Waals surface area contributed by atoms with Gasteiger partial charge in [0.15, 0.2) is 0 Å². The largest absolute Gasteiger partial charge is 0.508 e. The Morgan fingerprint density at radius 2 is 2.06 bits per heavy atom.